The first-order valence-electron chi connectivity index (χ1n) is 8.98. The van der Waals surface area contributed by atoms with E-state index in [0.717, 1.165) is 38.3 Å². The van der Waals surface area contributed by atoms with Crippen molar-refractivity contribution in [3.63, 3.8) is 0 Å². The van der Waals surface area contributed by atoms with E-state index in [1.165, 1.54) is 10.5 Å². The van der Waals surface area contributed by atoms with Crippen LogP contribution in [0.3, 0.4) is 0 Å². The lowest BCUT2D eigenvalue weighted by Crippen LogP contribution is -3.28. The number of carbonyl (C=O) groups excluding carboxylic acids is 1. The Morgan fingerprint density at radius 1 is 1.00 bits per heavy atom. The maximum Gasteiger partial charge on any atom is 0.295 e. The van der Waals surface area contributed by atoms with E-state index >= 15 is 0 Å². The number of hydrogen-bond donors (Lipinski definition) is 3. The molecule has 1 aliphatic heterocycles. The summed E-state index contributed by atoms with van der Waals surface area (Å²) in [5.41, 5.74) is 4.77. The van der Waals surface area contributed by atoms with Gasteiger partial charge in [0.05, 0.1) is 6.21 Å². The van der Waals surface area contributed by atoms with Gasteiger partial charge in [0, 0.05) is 16.1 Å². The van der Waals surface area contributed by atoms with Gasteiger partial charge < -0.3 is 9.80 Å². The molecule has 0 aromatic heterocycles. The molecule has 6 heteroatoms. The third-order valence-corrected chi connectivity index (χ3v) is 5.01. The van der Waals surface area contributed by atoms with Crippen molar-refractivity contribution in [2.45, 2.75) is 6.54 Å². The zero-order valence-electron chi connectivity index (χ0n) is 14.7. The second-order valence-electron chi connectivity index (χ2n) is 6.65. The summed E-state index contributed by atoms with van der Waals surface area (Å²) >= 11 is 6.06. The van der Waals surface area contributed by atoms with E-state index in [-0.39, 0.29) is 5.91 Å². The Morgan fingerprint density at radius 2 is 1.65 bits per heavy atom. The highest BCUT2D eigenvalue weighted by atomic mass is 35.5. The van der Waals surface area contributed by atoms with Crippen LogP contribution in [-0.4, -0.2) is 44.8 Å². The number of nitrogens with zero attached hydrogens (tertiary/aromatic N) is 1. The summed E-state index contributed by atoms with van der Waals surface area (Å²) in [6, 6.07) is 18.0. The van der Waals surface area contributed by atoms with Crippen LogP contribution in [0.2, 0.25) is 5.02 Å². The number of carbonyl (C=O) groups is 1. The van der Waals surface area contributed by atoms with Gasteiger partial charge in [-0.1, -0.05) is 60.1 Å². The average molecular weight is 373 g/mol. The topological polar surface area (TPSA) is 50.3 Å². The van der Waals surface area contributed by atoms with Gasteiger partial charge in [-0.25, -0.2) is 5.43 Å². The van der Waals surface area contributed by atoms with Crippen LogP contribution >= 0.6 is 11.6 Å². The minimum absolute atomic E-state index is 0.0604. The van der Waals surface area contributed by atoms with E-state index in [0.29, 0.717) is 11.6 Å². The summed E-state index contributed by atoms with van der Waals surface area (Å²) < 4.78 is 0. The van der Waals surface area contributed by atoms with Crippen molar-refractivity contribution < 1.29 is 14.6 Å². The number of benzene rings is 2. The SMILES string of the molecule is O=C(C[NH+]1CC[NH+](Cc2ccccc2)CC1)N/N=C\c1ccccc1Cl. The second kappa shape index (κ2) is 9.48. The van der Waals surface area contributed by atoms with Crippen molar-refractivity contribution in [3.05, 3.63) is 70.7 Å². The fourth-order valence-corrected chi connectivity index (χ4v) is 3.40. The molecular weight excluding hydrogens is 348 g/mol. The number of amides is 1. The van der Waals surface area contributed by atoms with Crippen LogP contribution in [0, 0.1) is 0 Å². The highest BCUT2D eigenvalue weighted by molar-refractivity contribution is 6.33. The minimum Gasteiger partial charge on any atom is -0.322 e. The molecule has 1 heterocycles. The molecular formula is C20H25ClN4O+2. The molecule has 0 radical (unpaired) electrons. The van der Waals surface area contributed by atoms with Crippen LogP contribution < -0.4 is 15.2 Å². The Hall–Kier alpha value is -2.21. The van der Waals surface area contributed by atoms with Gasteiger partial charge in [-0.2, -0.15) is 5.10 Å². The molecule has 0 aliphatic carbocycles. The van der Waals surface area contributed by atoms with Crippen LogP contribution in [0.4, 0.5) is 0 Å². The number of halogens is 1. The fraction of sp³-hybridized carbons (Fsp3) is 0.300. The monoisotopic (exact) mass is 372 g/mol. The molecule has 1 aliphatic rings. The molecule has 136 valence electrons. The second-order valence-corrected chi connectivity index (χ2v) is 7.06. The van der Waals surface area contributed by atoms with Gasteiger partial charge in [0.2, 0.25) is 0 Å². The summed E-state index contributed by atoms with van der Waals surface area (Å²) in [5, 5.41) is 4.63. The number of hydrazone groups is 1. The fourth-order valence-electron chi connectivity index (χ4n) is 3.22. The molecule has 1 amide bonds. The smallest absolute Gasteiger partial charge is 0.295 e. The average Bonchev–Trinajstić information content (AvgIpc) is 2.66. The van der Waals surface area contributed by atoms with Crippen LogP contribution in [0.15, 0.2) is 59.7 Å². The van der Waals surface area contributed by atoms with Crippen LogP contribution in [-0.2, 0) is 11.3 Å². The van der Waals surface area contributed by atoms with Gasteiger partial charge in [-0.3, -0.25) is 4.79 Å². The van der Waals surface area contributed by atoms with E-state index in [2.05, 4.69) is 34.8 Å². The first-order chi connectivity index (χ1) is 12.7. The van der Waals surface area contributed by atoms with Crippen LogP contribution in [0.1, 0.15) is 11.1 Å². The highest BCUT2D eigenvalue weighted by Gasteiger charge is 2.24. The Morgan fingerprint density at radius 3 is 2.38 bits per heavy atom. The zero-order valence-corrected chi connectivity index (χ0v) is 15.5. The minimum atomic E-state index is -0.0604. The van der Waals surface area contributed by atoms with E-state index in [1.807, 2.05) is 24.3 Å². The Labute approximate surface area is 159 Å². The number of rotatable bonds is 6. The molecule has 2 aromatic carbocycles. The molecule has 5 nitrogen and oxygen atoms in total. The number of piperazine rings is 1. The lowest BCUT2D eigenvalue weighted by atomic mass is 10.2. The summed E-state index contributed by atoms with van der Waals surface area (Å²) in [7, 11) is 0. The first-order valence-corrected chi connectivity index (χ1v) is 9.36. The van der Waals surface area contributed by atoms with Crippen molar-refractivity contribution >= 4 is 23.7 Å². The lowest BCUT2D eigenvalue weighted by Gasteiger charge is -2.29. The standard InChI is InChI=1S/C20H23ClN4O/c21-19-9-5-4-8-18(19)14-22-23-20(26)16-25-12-10-24(11-13-25)15-17-6-2-1-3-7-17/h1-9,14H,10-13,15-16H2,(H,23,26)/p+2/b22-14-. The third-order valence-electron chi connectivity index (χ3n) is 4.67. The molecule has 26 heavy (non-hydrogen) atoms. The molecule has 3 N–H and O–H groups in total. The summed E-state index contributed by atoms with van der Waals surface area (Å²) in [6.45, 7) is 5.69. The molecule has 2 aromatic rings. The van der Waals surface area contributed by atoms with E-state index in [9.17, 15) is 4.79 Å². The van der Waals surface area contributed by atoms with Crippen molar-refractivity contribution in [2.24, 2.45) is 5.10 Å². The molecule has 1 saturated heterocycles. The highest BCUT2D eigenvalue weighted by Crippen LogP contribution is 2.11. The van der Waals surface area contributed by atoms with Gasteiger partial charge in [0.1, 0.15) is 32.7 Å². The summed E-state index contributed by atoms with van der Waals surface area (Å²) in [5.74, 6) is -0.0604. The largest absolute Gasteiger partial charge is 0.322 e. The number of hydrogen-bond acceptors (Lipinski definition) is 2. The molecule has 3 rings (SSSR count). The first kappa shape index (κ1) is 18.6. The Bertz CT molecular complexity index is 742. The van der Waals surface area contributed by atoms with Gasteiger partial charge in [-0.05, 0) is 6.07 Å². The molecule has 0 atom stereocenters. The Kier molecular flexibility index (Phi) is 6.77. The van der Waals surface area contributed by atoms with Crippen molar-refractivity contribution in [1.82, 2.24) is 5.43 Å². The zero-order chi connectivity index (χ0) is 18.2. The maximum atomic E-state index is 12.1. The van der Waals surface area contributed by atoms with E-state index < -0.39 is 0 Å². The maximum absolute atomic E-state index is 12.1. The molecule has 0 saturated carbocycles. The Balaban J connectivity index is 1.39. The molecule has 1 fully saturated rings. The molecule has 0 spiro atoms. The lowest BCUT2D eigenvalue weighted by molar-refractivity contribution is -1.02. The quantitative estimate of drug-likeness (QED) is 0.476. The number of nitrogens with one attached hydrogen (secondary N) is 3. The molecule has 0 bridgehead atoms. The third kappa shape index (κ3) is 5.66. The van der Waals surface area contributed by atoms with Crippen molar-refractivity contribution in [3.8, 4) is 0 Å². The normalized spacial score (nSPS) is 20.2. The van der Waals surface area contributed by atoms with Gasteiger partial charge in [0.25, 0.3) is 5.91 Å². The summed E-state index contributed by atoms with van der Waals surface area (Å²) in [6.07, 6.45) is 1.58. The summed E-state index contributed by atoms with van der Waals surface area (Å²) in [4.78, 5) is 15.0. The van der Waals surface area contributed by atoms with Crippen molar-refractivity contribution in [2.75, 3.05) is 32.7 Å². The van der Waals surface area contributed by atoms with Gasteiger partial charge >= 0.3 is 0 Å². The van der Waals surface area contributed by atoms with Gasteiger partial charge in [0.15, 0.2) is 6.54 Å². The number of quaternary nitrogens is 2. The van der Waals surface area contributed by atoms with Gasteiger partial charge in [-0.15, -0.1) is 0 Å². The van der Waals surface area contributed by atoms with Crippen LogP contribution in [0.5, 0.6) is 0 Å². The van der Waals surface area contributed by atoms with Crippen LogP contribution in [0.25, 0.3) is 0 Å². The van der Waals surface area contributed by atoms with E-state index in [4.69, 9.17) is 11.6 Å². The molecule has 0 unspecified atom stereocenters. The van der Waals surface area contributed by atoms with Crippen molar-refractivity contribution in [1.29, 1.82) is 0 Å². The van der Waals surface area contributed by atoms with E-state index in [1.54, 1.807) is 17.2 Å². The predicted octanol–water partition coefficient (Wildman–Crippen LogP) is -0.226. The predicted molar refractivity (Wildman–Crippen MR) is 104 cm³/mol.